The van der Waals surface area contributed by atoms with Crippen LogP contribution in [0.25, 0.3) is 0 Å². The number of benzene rings is 1. The molecule has 0 N–H and O–H groups in total. The van der Waals surface area contributed by atoms with Crippen LogP contribution in [0.4, 0.5) is 13.2 Å². The van der Waals surface area contributed by atoms with Gasteiger partial charge in [-0.3, -0.25) is 4.79 Å². The smallest absolute Gasteiger partial charge is 0.310 e. The second kappa shape index (κ2) is 7.61. The Kier molecular flexibility index (Phi) is 6.08. The molecule has 0 saturated heterocycles. The standard InChI is InChI=1S/C19H22ClF3O3/c1-9(2)6-12-13(19(12,3)4)18(24)26-8-10-14(20)15(21)11(7-25-5)17(23)16(10)22/h6,12-13H,7-8H2,1-5H3/t12-,13+/m1/s1. The van der Waals surface area contributed by atoms with Gasteiger partial charge in [-0.2, -0.15) is 0 Å². The number of ether oxygens (including phenoxy) is 2. The monoisotopic (exact) mass is 390 g/mol. The Bertz CT molecular complexity index is 726. The van der Waals surface area contributed by atoms with Gasteiger partial charge in [-0.05, 0) is 25.2 Å². The molecule has 0 unspecified atom stereocenters. The van der Waals surface area contributed by atoms with Gasteiger partial charge in [0.2, 0.25) is 0 Å². The molecule has 0 amide bonds. The number of esters is 1. The van der Waals surface area contributed by atoms with Crippen molar-refractivity contribution in [3.8, 4) is 0 Å². The van der Waals surface area contributed by atoms with Gasteiger partial charge in [0.15, 0.2) is 17.5 Å². The SMILES string of the molecule is COCc1c(F)c(F)c(COC(=O)[C@@H]2[C@@H](C=C(C)C)C2(C)C)c(Cl)c1F. The van der Waals surface area contributed by atoms with E-state index in [1.54, 1.807) is 0 Å². The molecule has 0 heterocycles. The summed E-state index contributed by atoms with van der Waals surface area (Å²) in [6, 6.07) is 0. The number of halogens is 4. The van der Waals surface area contributed by atoms with Gasteiger partial charge in [-0.15, -0.1) is 0 Å². The fourth-order valence-electron chi connectivity index (χ4n) is 3.15. The normalized spacial score (nSPS) is 20.7. The number of carbonyl (C=O) groups excluding carboxylic acids is 1. The Morgan fingerprint density at radius 3 is 2.23 bits per heavy atom. The Morgan fingerprint density at radius 1 is 1.12 bits per heavy atom. The zero-order valence-corrected chi connectivity index (χ0v) is 16.1. The fraction of sp³-hybridized carbons (Fsp3) is 0.526. The van der Waals surface area contributed by atoms with Crippen LogP contribution in [0.1, 0.15) is 38.8 Å². The molecule has 7 heteroatoms. The summed E-state index contributed by atoms with van der Waals surface area (Å²) < 4.78 is 52.1. The molecule has 0 aromatic heterocycles. The predicted octanol–water partition coefficient (Wildman–Crippen LogP) is 5.19. The van der Waals surface area contributed by atoms with Crippen LogP contribution in [0.3, 0.4) is 0 Å². The van der Waals surface area contributed by atoms with Crippen molar-refractivity contribution in [3.63, 3.8) is 0 Å². The molecular weight excluding hydrogens is 369 g/mol. The minimum Gasteiger partial charge on any atom is -0.460 e. The van der Waals surface area contributed by atoms with Gasteiger partial charge in [-0.1, -0.05) is 37.1 Å². The summed E-state index contributed by atoms with van der Waals surface area (Å²) in [5, 5.41) is -0.611. The highest BCUT2D eigenvalue weighted by Gasteiger charge is 2.61. The van der Waals surface area contributed by atoms with Gasteiger partial charge in [0.25, 0.3) is 0 Å². The number of hydrogen-bond donors (Lipinski definition) is 0. The fourth-order valence-corrected chi connectivity index (χ4v) is 3.40. The molecule has 1 aliphatic carbocycles. The quantitative estimate of drug-likeness (QED) is 0.381. The maximum atomic E-state index is 14.2. The minimum atomic E-state index is -1.39. The summed E-state index contributed by atoms with van der Waals surface area (Å²) in [6.07, 6.45) is 1.98. The molecule has 0 bridgehead atoms. The highest BCUT2D eigenvalue weighted by atomic mass is 35.5. The van der Waals surface area contributed by atoms with E-state index in [0.29, 0.717) is 0 Å². The molecule has 0 spiro atoms. The number of carbonyl (C=O) groups is 1. The van der Waals surface area contributed by atoms with Gasteiger partial charge >= 0.3 is 5.97 Å². The molecule has 1 aromatic rings. The average Bonchev–Trinajstić information content (AvgIpc) is 3.09. The highest BCUT2D eigenvalue weighted by Crippen LogP contribution is 2.59. The first-order chi connectivity index (χ1) is 12.0. The van der Waals surface area contributed by atoms with Crippen LogP contribution in [0.5, 0.6) is 0 Å². The van der Waals surface area contributed by atoms with Crippen LogP contribution in [0, 0.1) is 34.7 Å². The molecule has 26 heavy (non-hydrogen) atoms. The molecular formula is C19H22ClF3O3. The molecule has 0 aliphatic heterocycles. The van der Waals surface area contributed by atoms with Gasteiger partial charge in [0, 0.05) is 12.7 Å². The van der Waals surface area contributed by atoms with Crippen molar-refractivity contribution >= 4 is 17.6 Å². The maximum Gasteiger partial charge on any atom is 0.310 e. The molecule has 1 fully saturated rings. The summed E-state index contributed by atoms with van der Waals surface area (Å²) in [5.74, 6) is -4.77. The lowest BCUT2D eigenvalue weighted by Gasteiger charge is -2.13. The Morgan fingerprint density at radius 2 is 1.69 bits per heavy atom. The van der Waals surface area contributed by atoms with E-state index in [0.717, 1.165) is 5.57 Å². The van der Waals surface area contributed by atoms with Gasteiger partial charge in [0.1, 0.15) is 6.61 Å². The summed E-state index contributed by atoms with van der Waals surface area (Å²) in [7, 11) is 1.22. The summed E-state index contributed by atoms with van der Waals surface area (Å²) in [5.41, 5.74) is -0.329. The highest BCUT2D eigenvalue weighted by molar-refractivity contribution is 6.31. The number of hydrogen-bond acceptors (Lipinski definition) is 3. The van der Waals surface area contributed by atoms with Gasteiger partial charge < -0.3 is 9.47 Å². The molecule has 1 aromatic carbocycles. The van der Waals surface area contributed by atoms with Crippen molar-refractivity contribution in [2.75, 3.05) is 7.11 Å². The lowest BCUT2D eigenvalue weighted by atomic mass is 10.1. The van der Waals surface area contributed by atoms with Crippen molar-refractivity contribution < 1.29 is 27.4 Å². The van der Waals surface area contributed by atoms with E-state index < -0.39 is 52.8 Å². The molecule has 2 atom stereocenters. The summed E-state index contributed by atoms with van der Waals surface area (Å²) in [6.45, 7) is 6.61. The number of allylic oxidation sites excluding steroid dienone is 2. The third-order valence-electron chi connectivity index (χ3n) is 4.77. The first-order valence-corrected chi connectivity index (χ1v) is 8.56. The zero-order valence-electron chi connectivity index (χ0n) is 15.4. The second-order valence-electron chi connectivity index (χ2n) is 7.32. The van der Waals surface area contributed by atoms with Crippen molar-refractivity contribution in [2.24, 2.45) is 17.3 Å². The molecule has 1 saturated carbocycles. The topological polar surface area (TPSA) is 35.5 Å². The van der Waals surface area contributed by atoms with Crippen molar-refractivity contribution in [3.05, 3.63) is 45.3 Å². The van der Waals surface area contributed by atoms with Gasteiger partial charge in [0.05, 0.1) is 23.1 Å². The van der Waals surface area contributed by atoms with E-state index >= 15 is 0 Å². The van der Waals surface area contributed by atoms with Crippen molar-refractivity contribution in [2.45, 2.75) is 40.9 Å². The zero-order chi connectivity index (χ0) is 19.8. The van der Waals surface area contributed by atoms with E-state index in [9.17, 15) is 18.0 Å². The Balaban J connectivity index is 2.18. The lowest BCUT2D eigenvalue weighted by Crippen LogP contribution is -2.13. The molecule has 144 valence electrons. The van der Waals surface area contributed by atoms with Crippen LogP contribution in [0.2, 0.25) is 5.02 Å². The molecule has 2 rings (SSSR count). The van der Waals surface area contributed by atoms with Crippen LogP contribution < -0.4 is 0 Å². The van der Waals surface area contributed by atoms with E-state index in [1.807, 2.05) is 33.8 Å². The van der Waals surface area contributed by atoms with Crippen LogP contribution in [0.15, 0.2) is 11.6 Å². The Labute approximate surface area is 156 Å². The maximum absolute atomic E-state index is 14.2. The van der Waals surface area contributed by atoms with Crippen molar-refractivity contribution in [1.29, 1.82) is 0 Å². The first-order valence-electron chi connectivity index (χ1n) is 8.18. The largest absolute Gasteiger partial charge is 0.460 e. The Hall–Kier alpha value is -1.53. The third kappa shape index (κ3) is 3.76. The summed E-state index contributed by atoms with van der Waals surface area (Å²) in [4.78, 5) is 12.3. The van der Waals surface area contributed by atoms with E-state index in [1.165, 1.54) is 7.11 Å². The van der Waals surface area contributed by atoms with Gasteiger partial charge in [-0.25, -0.2) is 13.2 Å². The van der Waals surface area contributed by atoms with Crippen LogP contribution in [-0.2, 0) is 27.5 Å². The predicted molar refractivity (Wildman–Crippen MR) is 92.0 cm³/mol. The minimum absolute atomic E-state index is 0.0119. The third-order valence-corrected chi connectivity index (χ3v) is 5.16. The van der Waals surface area contributed by atoms with E-state index in [4.69, 9.17) is 16.3 Å². The molecule has 0 radical (unpaired) electrons. The summed E-state index contributed by atoms with van der Waals surface area (Å²) >= 11 is 5.81. The van der Waals surface area contributed by atoms with E-state index in [2.05, 4.69) is 4.74 Å². The van der Waals surface area contributed by atoms with Crippen molar-refractivity contribution in [1.82, 2.24) is 0 Å². The van der Waals surface area contributed by atoms with Crippen LogP contribution in [-0.4, -0.2) is 13.1 Å². The molecule has 1 aliphatic rings. The number of rotatable bonds is 6. The first kappa shape index (κ1) is 20.8. The lowest BCUT2D eigenvalue weighted by molar-refractivity contribution is -0.147. The number of methoxy groups -OCH3 is 1. The van der Waals surface area contributed by atoms with Crippen LogP contribution >= 0.6 is 11.6 Å². The second-order valence-corrected chi connectivity index (χ2v) is 7.70. The molecule has 3 nitrogen and oxygen atoms in total. The van der Waals surface area contributed by atoms with E-state index in [-0.39, 0.29) is 17.3 Å². The average molecular weight is 391 g/mol.